The molecular formula is C16H28N2OS. The predicted molar refractivity (Wildman–Crippen MR) is 86.5 cm³/mol. The third kappa shape index (κ3) is 2.59. The van der Waals surface area contributed by atoms with Crippen LogP contribution in [-0.2, 0) is 4.79 Å². The van der Waals surface area contributed by atoms with Crippen molar-refractivity contribution in [2.45, 2.75) is 71.3 Å². The van der Waals surface area contributed by atoms with Crippen molar-refractivity contribution in [3.05, 3.63) is 0 Å². The van der Waals surface area contributed by atoms with E-state index in [0.717, 1.165) is 19.4 Å². The van der Waals surface area contributed by atoms with E-state index in [0.29, 0.717) is 29.8 Å². The number of carbonyl (C=O) groups excluding carboxylic acids is 1. The molecule has 0 spiro atoms. The number of hydrogen-bond donors (Lipinski definition) is 1. The van der Waals surface area contributed by atoms with Crippen LogP contribution in [0.15, 0.2) is 0 Å². The molecule has 2 aliphatic rings. The van der Waals surface area contributed by atoms with Crippen LogP contribution in [-0.4, -0.2) is 28.4 Å². The number of rotatable bonds is 5. The zero-order valence-electron chi connectivity index (χ0n) is 12.9. The van der Waals surface area contributed by atoms with Gasteiger partial charge in [-0.15, -0.1) is 0 Å². The molecule has 1 saturated carbocycles. The Morgan fingerprint density at radius 2 is 1.80 bits per heavy atom. The maximum absolute atomic E-state index is 13.1. The van der Waals surface area contributed by atoms with E-state index in [1.807, 2.05) is 13.8 Å². The topological polar surface area (TPSA) is 46.3 Å². The second-order valence-electron chi connectivity index (χ2n) is 6.41. The summed E-state index contributed by atoms with van der Waals surface area (Å²) in [5.74, 6) is 0.906. The van der Waals surface area contributed by atoms with Gasteiger partial charge in [0.05, 0.1) is 10.4 Å². The molecule has 1 atom stereocenters. The fourth-order valence-electron chi connectivity index (χ4n) is 4.16. The van der Waals surface area contributed by atoms with Gasteiger partial charge in [-0.3, -0.25) is 4.79 Å². The fraction of sp³-hybridized carbons (Fsp3) is 0.875. The average Bonchev–Trinajstić information content (AvgIpc) is 3.11. The van der Waals surface area contributed by atoms with E-state index < -0.39 is 5.41 Å². The van der Waals surface area contributed by atoms with Gasteiger partial charge >= 0.3 is 0 Å². The first kappa shape index (κ1) is 15.7. The largest absolute Gasteiger partial charge is 0.392 e. The van der Waals surface area contributed by atoms with E-state index in [1.54, 1.807) is 0 Å². The van der Waals surface area contributed by atoms with Crippen LogP contribution in [0.25, 0.3) is 0 Å². The Kier molecular flexibility index (Phi) is 5.05. The van der Waals surface area contributed by atoms with Crippen LogP contribution in [0, 0.1) is 11.3 Å². The molecule has 0 aromatic rings. The number of amides is 1. The average molecular weight is 296 g/mol. The molecule has 2 rings (SSSR count). The van der Waals surface area contributed by atoms with Crippen LogP contribution in [0.5, 0.6) is 0 Å². The number of nitrogens with two attached hydrogens (primary N) is 1. The molecule has 4 heteroatoms. The quantitative estimate of drug-likeness (QED) is 0.792. The summed E-state index contributed by atoms with van der Waals surface area (Å²) in [6.07, 6.45) is 8.94. The van der Waals surface area contributed by atoms with Gasteiger partial charge in [0.2, 0.25) is 5.91 Å². The second kappa shape index (κ2) is 6.42. The SMILES string of the molecule is CCC(CC)(C(=O)N1CCCC1C1CCCC1)C(N)=S. The summed E-state index contributed by atoms with van der Waals surface area (Å²) >= 11 is 5.24. The Morgan fingerprint density at radius 3 is 2.30 bits per heavy atom. The summed E-state index contributed by atoms with van der Waals surface area (Å²) in [4.78, 5) is 15.6. The number of likely N-dealkylation sites (tertiary alicyclic amines) is 1. The summed E-state index contributed by atoms with van der Waals surface area (Å²) in [7, 11) is 0. The van der Waals surface area contributed by atoms with Gasteiger partial charge in [0, 0.05) is 12.6 Å². The van der Waals surface area contributed by atoms with Gasteiger partial charge in [0.15, 0.2) is 0 Å². The minimum atomic E-state index is -0.615. The van der Waals surface area contributed by atoms with Gasteiger partial charge in [-0.25, -0.2) is 0 Å². The third-order valence-corrected chi connectivity index (χ3v) is 5.98. The molecule has 20 heavy (non-hydrogen) atoms. The van der Waals surface area contributed by atoms with Crippen molar-refractivity contribution in [3.63, 3.8) is 0 Å². The van der Waals surface area contributed by atoms with E-state index in [1.165, 1.54) is 25.7 Å². The van der Waals surface area contributed by atoms with Crippen LogP contribution in [0.2, 0.25) is 0 Å². The lowest BCUT2D eigenvalue weighted by Gasteiger charge is -2.38. The normalized spacial score (nSPS) is 24.3. The van der Waals surface area contributed by atoms with E-state index in [4.69, 9.17) is 18.0 Å². The van der Waals surface area contributed by atoms with Gasteiger partial charge < -0.3 is 10.6 Å². The van der Waals surface area contributed by atoms with E-state index >= 15 is 0 Å². The van der Waals surface area contributed by atoms with Crippen LogP contribution in [0.4, 0.5) is 0 Å². The third-order valence-electron chi connectivity index (χ3n) is 5.59. The van der Waals surface area contributed by atoms with Gasteiger partial charge in [0.1, 0.15) is 0 Å². The summed E-state index contributed by atoms with van der Waals surface area (Å²) in [6.45, 7) is 4.95. The zero-order valence-corrected chi connectivity index (χ0v) is 13.7. The lowest BCUT2D eigenvalue weighted by molar-refractivity contribution is -0.140. The Morgan fingerprint density at radius 1 is 1.20 bits per heavy atom. The van der Waals surface area contributed by atoms with Crippen molar-refractivity contribution in [1.29, 1.82) is 0 Å². The molecule has 0 radical (unpaired) electrons. The van der Waals surface area contributed by atoms with Gasteiger partial charge in [0.25, 0.3) is 0 Å². The molecule has 1 heterocycles. The molecule has 3 nitrogen and oxygen atoms in total. The van der Waals surface area contributed by atoms with Crippen molar-refractivity contribution in [2.24, 2.45) is 17.1 Å². The molecule has 1 amide bonds. The van der Waals surface area contributed by atoms with Crippen molar-refractivity contribution in [1.82, 2.24) is 4.90 Å². The van der Waals surface area contributed by atoms with E-state index in [2.05, 4.69) is 4.90 Å². The Hall–Kier alpha value is -0.640. The standard InChI is InChI=1S/C16H28N2OS/c1-3-16(4-2,14(17)20)15(19)18-11-7-10-13(18)12-8-5-6-9-12/h12-13H,3-11H2,1-2H3,(H2,17,20). The zero-order chi connectivity index (χ0) is 14.8. The first-order chi connectivity index (χ1) is 9.56. The molecule has 0 aromatic heterocycles. The molecular weight excluding hydrogens is 268 g/mol. The lowest BCUT2D eigenvalue weighted by atomic mass is 9.80. The Labute approximate surface area is 128 Å². The van der Waals surface area contributed by atoms with Crippen molar-refractivity contribution < 1.29 is 4.79 Å². The first-order valence-corrected chi connectivity index (χ1v) is 8.58. The van der Waals surface area contributed by atoms with Crippen molar-refractivity contribution >= 4 is 23.1 Å². The lowest BCUT2D eigenvalue weighted by Crippen LogP contribution is -2.52. The Bertz CT molecular complexity index is 373. The maximum atomic E-state index is 13.1. The predicted octanol–water partition coefficient (Wildman–Crippen LogP) is 3.26. The highest BCUT2D eigenvalue weighted by atomic mass is 32.1. The molecule has 1 aliphatic heterocycles. The summed E-state index contributed by atoms with van der Waals surface area (Å²) < 4.78 is 0. The van der Waals surface area contributed by atoms with Crippen LogP contribution in [0.1, 0.15) is 65.2 Å². The van der Waals surface area contributed by atoms with E-state index in [-0.39, 0.29) is 5.91 Å². The molecule has 1 saturated heterocycles. The summed E-state index contributed by atoms with van der Waals surface area (Å²) in [5.41, 5.74) is 5.33. The monoisotopic (exact) mass is 296 g/mol. The van der Waals surface area contributed by atoms with Crippen molar-refractivity contribution in [3.8, 4) is 0 Å². The van der Waals surface area contributed by atoms with Gasteiger partial charge in [-0.1, -0.05) is 38.9 Å². The van der Waals surface area contributed by atoms with Gasteiger partial charge in [-0.2, -0.15) is 0 Å². The number of nitrogens with zero attached hydrogens (tertiary/aromatic N) is 1. The van der Waals surface area contributed by atoms with E-state index in [9.17, 15) is 4.79 Å². The molecule has 1 unspecified atom stereocenters. The minimum Gasteiger partial charge on any atom is -0.392 e. The maximum Gasteiger partial charge on any atom is 0.235 e. The summed E-state index contributed by atoms with van der Waals surface area (Å²) in [6, 6.07) is 0.442. The first-order valence-electron chi connectivity index (χ1n) is 8.17. The van der Waals surface area contributed by atoms with Crippen LogP contribution in [0.3, 0.4) is 0 Å². The minimum absolute atomic E-state index is 0.199. The highest BCUT2D eigenvalue weighted by Gasteiger charge is 2.45. The molecule has 114 valence electrons. The molecule has 2 fully saturated rings. The molecule has 0 aromatic carbocycles. The number of thiocarbonyl (C=S) groups is 1. The fourth-order valence-corrected chi connectivity index (χ4v) is 4.53. The van der Waals surface area contributed by atoms with Crippen molar-refractivity contribution in [2.75, 3.05) is 6.54 Å². The molecule has 0 bridgehead atoms. The van der Waals surface area contributed by atoms with Crippen LogP contribution < -0.4 is 5.73 Å². The van der Waals surface area contributed by atoms with Crippen LogP contribution >= 0.6 is 12.2 Å². The molecule has 1 aliphatic carbocycles. The molecule has 2 N–H and O–H groups in total. The Balaban J connectivity index is 2.19. The second-order valence-corrected chi connectivity index (χ2v) is 6.85. The smallest absolute Gasteiger partial charge is 0.235 e. The number of carbonyl (C=O) groups is 1. The highest BCUT2D eigenvalue weighted by Crippen LogP contribution is 2.39. The summed E-state index contributed by atoms with van der Waals surface area (Å²) in [5, 5.41) is 0. The number of hydrogen-bond acceptors (Lipinski definition) is 2. The highest BCUT2D eigenvalue weighted by molar-refractivity contribution is 7.80. The van der Waals surface area contributed by atoms with Gasteiger partial charge in [-0.05, 0) is 44.4 Å².